The first-order valence-electron chi connectivity index (χ1n) is 17.9. The summed E-state index contributed by atoms with van der Waals surface area (Å²) in [7, 11) is -2.56. The summed E-state index contributed by atoms with van der Waals surface area (Å²) in [5, 5.41) is 11.2. The summed E-state index contributed by atoms with van der Waals surface area (Å²) in [5.74, 6) is 0. The van der Waals surface area contributed by atoms with Crippen molar-refractivity contribution in [2.24, 2.45) is 0 Å². The minimum absolute atomic E-state index is 1.23. The second-order valence-electron chi connectivity index (χ2n) is 13.9. The van der Waals surface area contributed by atoms with Gasteiger partial charge in [-0.2, -0.15) is 0 Å². The fourth-order valence-electron chi connectivity index (χ4n) is 9.55. The summed E-state index contributed by atoms with van der Waals surface area (Å²) in [5.41, 5.74) is 13.2. The van der Waals surface area contributed by atoms with Gasteiger partial charge in [-0.25, -0.2) is 0 Å². The lowest BCUT2D eigenvalue weighted by Gasteiger charge is -2.28. The third kappa shape index (κ3) is 3.84. The van der Waals surface area contributed by atoms with Gasteiger partial charge < -0.3 is 0 Å². The zero-order valence-corrected chi connectivity index (χ0v) is 29.0. The van der Waals surface area contributed by atoms with Gasteiger partial charge in [0.05, 0.1) is 0 Å². The van der Waals surface area contributed by atoms with Crippen molar-refractivity contribution in [1.29, 1.82) is 0 Å². The van der Waals surface area contributed by atoms with Gasteiger partial charge in [0.2, 0.25) is 0 Å². The van der Waals surface area contributed by atoms with Crippen LogP contribution in [0, 0.1) is 0 Å². The van der Waals surface area contributed by atoms with Crippen molar-refractivity contribution >= 4 is 50.4 Å². The van der Waals surface area contributed by atoms with Crippen LogP contribution in [0.1, 0.15) is 0 Å². The molecule has 0 aromatic heterocycles. The summed E-state index contributed by atoms with van der Waals surface area (Å²) in [4.78, 5) is 0. The van der Waals surface area contributed by atoms with Crippen molar-refractivity contribution in [3.8, 4) is 55.6 Å². The molecule has 11 rings (SSSR count). The molecule has 236 valence electrons. The highest BCUT2D eigenvalue weighted by molar-refractivity contribution is 7.24. The molecule has 0 N–H and O–H groups in total. The first kappa shape index (κ1) is 28.5. The van der Waals surface area contributed by atoms with Crippen LogP contribution in [-0.4, -0.2) is 8.07 Å². The van der Waals surface area contributed by atoms with Gasteiger partial charge in [0.1, 0.15) is 0 Å². The van der Waals surface area contributed by atoms with Crippen molar-refractivity contribution in [2.75, 3.05) is 0 Å². The van der Waals surface area contributed by atoms with Crippen LogP contribution in [0.5, 0.6) is 0 Å². The first-order valence-corrected chi connectivity index (χ1v) is 19.9. The summed E-state index contributed by atoms with van der Waals surface area (Å²) in [6.45, 7) is 0. The van der Waals surface area contributed by atoms with E-state index >= 15 is 0 Å². The molecule has 0 saturated carbocycles. The second-order valence-corrected chi connectivity index (χ2v) is 17.6. The molecule has 0 radical (unpaired) electrons. The van der Waals surface area contributed by atoms with Crippen LogP contribution in [-0.2, 0) is 0 Å². The lowest BCUT2D eigenvalue weighted by Crippen LogP contribution is -2.70. The molecule has 0 fully saturated rings. The molecule has 0 unspecified atom stereocenters. The van der Waals surface area contributed by atoms with E-state index in [1.165, 1.54) is 97.9 Å². The average molecular weight is 661 g/mol. The Hall–Kier alpha value is -6.28. The first-order chi connectivity index (χ1) is 25.3. The standard InChI is InChI=1S/C50H32Si/c1-2-16-33(17-3-1)35-18-4-5-22-40(35)50-43-25-8-6-23-41(43)49(42-24-7-9-26-44(42)50)34-30-31-39-38-21-12-15-29-47(38)51(48(39)32-34)45-27-13-10-19-36(45)37-20-11-14-28-46(37)51/h1-32H. The monoisotopic (exact) mass is 660 g/mol. The van der Waals surface area contributed by atoms with E-state index in [1.54, 1.807) is 0 Å². The van der Waals surface area contributed by atoms with Crippen LogP contribution in [0.15, 0.2) is 194 Å². The molecule has 1 spiro atoms. The second kappa shape index (κ2) is 10.9. The molecule has 0 bridgehead atoms. The Morgan fingerprint density at radius 2 is 0.627 bits per heavy atom. The number of hydrogen-bond donors (Lipinski definition) is 0. The summed E-state index contributed by atoms with van der Waals surface area (Å²) < 4.78 is 0. The third-order valence-electron chi connectivity index (χ3n) is 11.5. The van der Waals surface area contributed by atoms with Gasteiger partial charge in [-0.05, 0) is 97.9 Å². The van der Waals surface area contributed by atoms with Gasteiger partial charge in [0, 0.05) is 0 Å². The number of fused-ring (bicyclic) bond motifs is 12. The van der Waals surface area contributed by atoms with Crippen LogP contribution in [0.2, 0.25) is 0 Å². The fourth-order valence-corrected chi connectivity index (χ4v) is 15.2. The fraction of sp³-hybridized carbons (Fsp3) is 0. The van der Waals surface area contributed by atoms with Gasteiger partial charge in [-0.3, -0.25) is 0 Å². The molecular formula is C50H32Si. The molecular weight excluding hydrogens is 629 g/mol. The highest BCUT2D eigenvalue weighted by Crippen LogP contribution is 2.46. The number of hydrogen-bond acceptors (Lipinski definition) is 0. The van der Waals surface area contributed by atoms with Crippen LogP contribution >= 0.6 is 0 Å². The predicted molar refractivity (Wildman–Crippen MR) is 219 cm³/mol. The third-order valence-corrected chi connectivity index (χ3v) is 16.5. The summed E-state index contributed by atoms with van der Waals surface area (Å²) in [6, 6.07) is 72.9. The average Bonchev–Trinajstić information content (AvgIpc) is 3.67. The van der Waals surface area contributed by atoms with Crippen LogP contribution in [0.25, 0.3) is 77.2 Å². The lowest BCUT2D eigenvalue weighted by atomic mass is 9.83. The van der Waals surface area contributed by atoms with E-state index in [9.17, 15) is 0 Å². The Kier molecular flexibility index (Phi) is 6.08. The van der Waals surface area contributed by atoms with E-state index in [2.05, 4.69) is 194 Å². The number of rotatable bonds is 3. The smallest absolute Gasteiger partial charge is 0.0623 e. The zero-order valence-electron chi connectivity index (χ0n) is 28.0. The maximum absolute atomic E-state index is 2.59. The van der Waals surface area contributed by atoms with E-state index in [1.807, 2.05) is 0 Å². The molecule has 2 aliphatic heterocycles. The SMILES string of the molecule is c1ccc(-c2ccccc2-c2c3ccccc3c(-c3ccc4c(c3)[Si]3(c5ccccc5-c5ccccc53)c3ccccc3-4)c3ccccc23)cc1. The van der Waals surface area contributed by atoms with Gasteiger partial charge in [-0.1, -0.05) is 194 Å². The van der Waals surface area contributed by atoms with Crippen molar-refractivity contribution in [1.82, 2.24) is 0 Å². The molecule has 51 heavy (non-hydrogen) atoms. The molecule has 9 aromatic rings. The van der Waals surface area contributed by atoms with E-state index in [0.29, 0.717) is 0 Å². The molecule has 1 heteroatoms. The normalized spacial score (nSPS) is 13.3. The zero-order chi connectivity index (χ0) is 33.5. The van der Waals surface area contributed by atoms with Crippen LogP contribution in [0.4, 0.5) is 0 Å². The molecule has 0 aliphatic carbocycles. The van der Waals surface area contributed by atoms with E-state index in [4.69, 9.17) is 0 Å². The predicted octanol–water partition coefficient (Wildman–Crippen LogP) is 10.3. The Morgan fingerprint density at radius 1 is 0.235 bits per heavy atom. The van der Waals surface area contributed by atoms with Crippen molar-refractivity contribution in [3.63, 3.8) is 0 Å². The quantitative estimate of drug-likeness (QED) is 0.131. The van der Waals surface area contributed by atoms with Gasteiger partial charge >= 0.3 is 0 Å². The minimum atomic E-state index is -2.56. The highest BCUT2D eigenvalue weighted by atomic mass is 28.3. The van der Waals surface area contributed by atoms with Crippen molar-refractivity contribution < 1.29 is 0 Å². The molecule has 0 amide bonds. The highest BCUT2D eigenvalue weighted by Gasteiger charge is 2.53. The minimum Gasteiger partial charge on any atom is -0.0623 e. The van der Waals surface area contributed by atoms with E-state index in [-0.39, 0.29) is 0 Å². The van der Waals surface area contributed by atoms with Gasteiger partial charge in [0.15, 0.2) is 8.07 Å². The summed E-state index contributed by atoms with van der Waals surface area (Å²) in [6.07, 6.45) is 0. The Bertz CT molecular complexity index is 2740. The summed E-state index contributed by atoms with van der Waals surface area (Å²) >= 11 is 0. The topological polar surface area (TPSA) is 0 Å². The molecule has 0 nitrogen and oxygen atoms in total. The van der Waals surface area contributed by atoms with Crippen LogP contribution < -0.4 is 20.7 Å². The van der Waals surface area contributed by atoms with Gasteiger partial charge in [-0.15, -0.1) is 0 Å². The number of benzene rings is 9. The maximum atomic E-state index is 2.59. The molecule has 2 aliphatic rings. The van der Waals surface area contributed by atoms with Crippen LogP contribution in [0.3, 0.4) is 0 Å². The molecule has 9 aromatic carbocycles. The van der Waals surface area contributed by atoms with Crippen molar-refractivity contribution in [3.05, 3.63) is 194 Å². The lowest BCUT2D eigenvalue weighted by molar-refractivity contribution is 1.61. The largest absolute Gasteiger partial charge is 0.182 e. The van der Waals surface area contributed by atoms with E-state index < -0.39 is 8.07 Å². The van der Waals surface area contributed by atoms with Gasteiger partial charge in [0.25, 0.3) is 0 Å². The molecule has 0 atom stereocenters. The maximum Gasteiger partial charge on any atom is 0.182 e. The Labute approximate surface area is 299 Å². The van der Waals surface area contributed by atoms with Crippen molar-refractivity contribution in [2.45, 2.75) is 0 Å². The Morgan fingerprint density at radius 3 is 1.16 bits per heavy atom. The molecule has 2 heterocycles. The molecule has 0 saturated heterocycles. The van der Waals surface area contributed by atoms with E-state index in [0.717, 1.165) is 0 Å². The Balaban J connectivity index is 1.23.